The molecular weight excluding hydrogens is 540 g/mol. The molecule has 3 aromatic rings. The summed E-state index contributed by atoms with van der Waals surface area (Å²) < 4.78 is 21.1. The van der Waals surface area contributed by atoms with Gasteiger partial charge in [0.2, 0.25) is 6.10 Å². The minimum Gasteiger partial charge on any atom is -0.504 e. The summed E-state index contributed by atoms with van der Waals surface area (Å²) >= 11 is 0. The number of esters is 1. The fourth-order valence-corrected chi connectivity index (χ4v) is 4.50. The first-order valence-corrected chi connectivity index (χ1v) is 12.1. The van der Waals surface area contributed by atoms with Crippen LogP contribution in [0.1, 0.15) is 34.3 Å². The maximum atomic E-state index is 12.6. The minimum atomic E-state index is -1.57. The van der Waals surface area contributed by atoms with Crippen molar-refractivity contribution in [1.82, 2.24) is 0 Å². The van der Waals surface area contributed by atoms with E-state index in [-0.39, 0.29) is 52.0 Å². The second-order valence-corrected chi connectivity index (χ2v) is 9.01. The van der Waals surface area contributed by atoms with Crippen LogP contribution < -0.4 is 14.2 Å². The summed E-state index contributed by atoms with van der Waals surface area (Å²) in [7, 11) is 2.67. The first-order chi connectivity index (χ1) is 19.5. The van der Waals surface area contributed by atoms with E-state index in [9.17, 15) is 39.9 Å². The van der Waals surface area contributed by atoms with Gasteiger partial charge in [0.15, 0.2) is 34.5 Å². The Morgan fingerprint density at radius 1 is 0.902 bits per heavy atom. The zero-order valence-electron chi connectivity index (χ0n) is 21.8. The van der Waals surface area contributed by atoms with E-state index in [0.29, 0.717) is 11.1 Å². The highest BCUT2D eigenvalue weighted by molar-refractivity contribution is 5.91. The van der Waals surface area contributed by atoms with Crippen LogP contribution in [0.15, 0.2) is 54.6 Å². The predicted octanol–water partition coefficient (Wildman–Crippen LogP) is 3.37. The van der Waals surface area contributed by atoms with Gasteiger partial charge in [-0.15, -0.1) is 0 Å². The lowest BCUT2D eigenvalue weighted by molar-refractivity contribution is -0.160. The molecule has 3 aromatic carbocycles. The molecule has 0 bridgehead atoms. The quantitative estimate of drug-likeness (QED) is 0.178. The van der Waals surface area contributed by atoms with E-state index >= 15 is 0 Å². The average Bonchev–Trinajstić information content (AvgIpc) is 3.35. The molecule has 0 fully saturated rings. The van der Waals surface area contributed by atoms with Gasteiger partial charge < -0.3 is 44.5 Å². The molecule has 1 heterocycles. The van der Waals surface area contributed by atoms with E-state index in [1.54, 1.807) is 0 Å². The summed E-state index contributed by atoms with van der Waals surface area (Å²) in [6.45, 7) is 0. The maximum Gasteiger partial charge on any atom is 0.345 e. The number of benzene rings is 3. The number of phenolic OH excluding ortho intramolecular Hbond substituents is 3. The average molecular weight is 567 g/mol. The van der Waals surface area contributed by atoms with Crippen LogP contribution in [0.25, 0.3) is 6.08 Å². The molecule has 0 aromatic heterocycles. The van der Waals surface area contributed by atoms with Gasteiger partial charge >= 0.3 is 17.9 Å². The van der Waals surface area contributed by atoms with E-state index in [0.717, 1.165) is 6.08 Å². The number of fused-ring (bicyclic) bond motifs is 1. The number of carbonyl (C=O) groups excluding carboxylic acids is 1. The first-order valence-electron chi connectivity index (χ1n) is 12.1. The van der Waals surface area contributed by atoms with E-state index < -0.39 is 36.0 Å². The molecule has 1 aliphatic rings. The van der Waals surface area contributed by atoms with Gasteiger partial charge in [0.05, 0.1) is 14.2 Å². The van der Waals surface area contributed by atoms with Crippen LogP contribution in [-0.2, 0) is 25.5 Å². The van der Waals surface area contributed by atoms with Crippen LogP contribution in [-0.4, -0.2) is 63.8 Å². The largest absolute Gasteiger partial charge is 0.504 e. The van der Waals surface area contributed by atoms with Crippen LogP contribution in [0, 0.1) is 0 Å². The van der Waals surface area contributed by atoms with Gasteiger partial charge in [-0.25, -0.2) is 9.59 Å². The topological polar surface area (TPSA) is 189 Å². The monoisotopic (exact) mass is 566 g/mol. The molecular formula is C29H26O12. The maximum absolute atomic E-state index is 12.6. The molecule has 0 unspecified atom stereocenters. The number of carboxylic acids is 2. The van der Waals surface area contributed by atoms with Gasteiger partial charge in [0, 0.05) is 18.1 Å². The second-order valence-electron chi connectivity index (χ2n) is 9.01. The minimum absolute atomic E-state index is 0.0876. The fourth-order valence-electron chi connectivity index (χ4n) is 4.50. The number of ether oxygens (including phenoxy) is 4. The van der Waals surface area contributed by atoms with Crippen molar-refractivity contribution in [3.63, 3.8) is 0 Å². The first kappa shape index (κ1) is 28.6. The van der Waals surface area contributed by atoms with Crippen LogP contribution in [0.3, 0.4) is 0 Å². The molecule has 4 rings (SSSR count). The van der Waals surface area contributed by atoms with E-state index in [1.807, 2.05) is 0 Å². The third-order valence-electron chi connectivity index (χ3n) is 6.46. The van der Waals surface area contributed by atoms with Crippen LogP contribution in [0.5, 0.6) is 34.5 Å². The van der Waals surface area contributed by atoms with E-state index in [1.165, 1.54) is 68.8 Å². The van der Waals surface area contributed by atoms with Gasteiger partial charge in [-0.1, -0.05) is 18.2 Å². The standard InChI is InChI=1S/C29H26O12/c1-38-20-11-14(3-7-17(20)30)12-22(28(34)35)40-23(33)10-6-15-4-9-19(32)27-24(15)25(29(36)37)26(41-27)16-5-8-18(31)21(13-16)39-2/h3-11,13,22,25-26,30-32H,12H2,1-2H3,(H,34,35)(H,36,37)/b10-6+/t22-,25+,26-/m1/s1. The van der Waals surface area contributed by atoms with Crippen LogP contribution in [0.4, 0.5) is 0 Å². The summed E-state index contributed by atoms with van der Waals surface area (Å²) in [4.78, 5) is 36.7. The number of carbonyl (C=O) groups is 3. The van der Waals surface area contributed by atoms with Crippen molar-refractivity contribution >= 4 is 24.0 Å². The Labute approximate surface area is 233 Å². The van der Waals surface area contributed by atoms with Crippen molar-refractivity contribution in [2.75, 3.05) is 14.2 Å². The molecule has 214 valence electrons. The van der Waals surface area contributed by atoms with Gasteiger partial charge in [-0.3, -0.25) is 4.79 Å². The molecule has 1 aliphatic heterocycles. The van der Waals surface area contributed by atoms with Crippen molar-refractivity contribution in [1.29, 1.82) is 0 Å². The van der Waals surface area contributed by atoms with Crippen LogP contribution in [0.2, 0.25) is 0 Å². The summed E-state index contributed by atoms with van der Waals surface area (Å²) in [6.07, 6.45) is -0.718. The number of hydrogen-bond acceptors (Lipinski definition) is 10. The highest BCUT2D eigenvalue weighted by Crippen LogP contribution is 2.52. The lowest BCUT2D eigenvalue weighted by Crippen LogP contribution is -2.28. The molecule has 5 N–H and O–H groups in total. The zero-order valence-corrected chi connectivity index (χ0v) is 21.8. The van der Waals surface area contributed by atoms with Gasteiger partial charge in [-0.2, -0.15) is 0 Å². The third-order valence-corrected chi connectivity index (χ3v) is 6.46. The summed E-state index contributed by atoms with van der Waals surface area (Å²) in [5, 5.41) is 49.8. The smallest absolute Gasteiger partial charge is 0.345 e. The predicted molar refractivity (Wildman–Crippen MR) is 141 cm³/mol. The number of rotatable bonds is 10. The SMILES string of the molecule is COc1cc(C[C@@H](OC(=O)/C=C/c2ccc(O)c3c2[C@H](C(=O)O)[C@@H](c2ccc(O)c(OC)c2)O3)C(=O)O)ccc1O. The summed E-state index contributed by atoms with van der Waals surface area (Å²) in [5.41, 5.74) is 1.08. The van der Waals surface area contributed by atoms with Crippen LogP contribution >= 0.6 is 0 Å². The van der Waals surface area contributed by atoms with Crippen molar-refractivity contribution in [3.8, 4) is 34.5 Å². The van der Waals surface area contributed by atoms with Crippen molar-refractivity contribution in [2.45, 2.75) is 24.5 Å². The highest BCUT2D eigenvalue weighted by atomic mass is 16.6. The van der Waals surface area contributed by atoms with E-state index in [2.05, 4.69) is 0 Å². The van der Waals surface area contributed by atoms with Crippen molar-refractivity contribution in [2.24, 2.45) is 0 Å². The molecule has 0 amide bonds. The number of phenols is 3. The molecule has 3 atom stereocenters. The summed E-state index contributed by atoms with van der Waals surface area (Å²) in [5.74, 6) is -5.53. The van der Waals surface area contributed by atoms with Gasteiger partial charge in [-0.05, 0) is 53.1 Å². The fraction of sp³-hybridized carbons (Fsp3) is 0.207. The normalized spacial score (nSPS) is 16.4. The summed E-state index contributed by atoms with van der Waals surface area (Å²) in [6, 6.07) is 11.1. The molecule has 0 saturated carbocycles. The second kappa shape index (κ2) is 11.8. The molecule has 0 spiro atoms. The van der Waals surface area contributed by atoms with Gasteiger partial charge in [0.1, 0.15) is 12.0 Å². The zero-order chi connectivity index (χ0) is 29.8. The third kappa shape index (κ3) is 5.96. The van der Waals surface area contributed by atoms with E-state index in [4.69, 9.17) is 18.9 Å². The molecule has 12 nitrogen and oxygen atoms in total. The number of carboxylic acid groups (broad SMARTS) is 2. The lowest BCUT2D eigenvalue weighted by atomic mass is 9.88. The Balaban J connectivity index is 1.59. The Bertz CT molecular complexity index is 1530. The number of hydrogen-bond donors (Lipinski definition) is 5. The Morgan fingerprint density at radius 2 is 1.54 bits per heavy atom. The van der Waals surface area contributed by atoms with Crippen molar-refractivity contribution in [3.05, 3.63) is 76.9 Å². The number of aliphatic carboxylic acids is 2. The molecule has 12 heteroatoms. The molecule has 0 radical (unpaired) electrons. The molecule has 0 saturated heterocycles. The Kier molecular flexibility index (Phi) is 8.22. The molecule has 0 aliphatic carbocycles. The molecule has 41 heavy (non-hydrogen) atoms. The number of aromatic hydroxyl groups is 3. The lowest BCUT2D eigenvalue weighted by Gasteiger charge is -2.17. The highest BCUT2D eigenvalue weighted by Gasteiger charge is 2.43. The Morgan fingerprint density at radius 3 is 2.17 bits per heavy atom. The van der Waals surface area contributed by atoms with Gasteiger partial charge in [0.25, 0.3) is 0 Å². The Hall–Kier alpha value is -5.39. The van der Waals surface area contributed by atoms with Crippen molar-refractivity contribution < 1.29 is 58.9 Å². The number of methoxy groups -OCH3 is 2.